The molecule has 4 nitrogen and oxygen atoms in total. The summed E-state index contributed by atoms with van der Waals surface area (Å²) in [6, 6.07) is 17.7. The molecule has 2 aromatic carbocycles. The maximum atomic E-state index is 12.4. The second-order valence-corrected chi connectivity index (χ2v) is 6.09. The lowest BCUT2D eigenvalue weighted by atomic mass is 9.97. The number of amides is 1. The molecular weight excluding hydrogens is 326 g/mol. The Bertz CT molecular complexity index is 747. The van der Waals surface area contributed by atoms with Gasteiger partial charge in [0.05, 0.1) is 0 Å². The molecule has 136 valence electrons. The van der Waals surface area contributed by atoms with Crippen molar-refractivity contribution in [3.05, 3.63) is 71.3 Å². The molecule has 2 aromatic rings. The number of carbonyl (C=O) groups excluding carboxylic acids is 1. The third kappa shape index (κ3) is 5.31. The molecule has 26 heavy (non-hydrogen) atoms. The summed E-state index contributed by atoms with van der Waals surface area (Å²) in [6.07, 6.45) is 4.24. The summed E-state index contributed by atoms with van der Waals surface area (Å²) < 4.78 is 0. The Balaban J connectivity index is 2.07. The van der Waals surface area contributed by atoms with Gasteiger partial charge in [0.25, 0.3) is 0 Å². The molecule has 0 spiro atoms. The van der Waals surface area contributed by atoms with Crippen LogP contribution in [0.5, 0.6) is 0 Å². The summed E-state index contributed by atoms with van der Waals surface area (Å²) in [4.78, 5) is 25.5. The fourth-order valence-electron chi connectivity index (χ4n) is 2.79. The van der Waals surface area contributed by atoms with Crippen molar-refractivity contribution in [3.8, 4) is 0 Å². The van der Waals surface area contributed by atoms with Crippen molar-refractivity contribution in [1.82, 2.24) is 4.90 Å². The first-order valence-corrected chi connectivity index (χ1v) is 8.88. The van der Waals surface area contributed by atoms with E-state index >= 15 is 0 Å². The van der Waals surface area contributed by atoms with Crippen LogP contribution in [0.3, 0.4) is 0 Å². The normalized spacial score (nSPS) is 12.1. The van der Waals surface area contributed by atoms with E-state index in [4.69, 9.17) is 0 Å². The molecule has 0 heterocycles. The summed E-state index contributed by atoms with van der Waals surface area (Å²) in [5, 5.41) is 9.45. The lowest BCUT2D eigenvalue weighted by Crippen LogP contribution is -2.40. The van der Waals surface area contributed by atoms with Crippen LogP contribution in [0, 0.1) is 5.92 Å². The van der Waals surface area contributed by atoms with Crippen LogP contribution in [-0.4, -0.2) is 35.0 Å². The van der Waals surface area contributed by atoms with Crippen LogP contribution in [0.15, 0.2) is 54.6 Å². The Labute approximate surface area is 154 Å². The number of rotatable bonds is 8. The number of hydrogen-bond acceptors (Lipinski definition) is 2. The Hall–Kier alpha value is -2.88. The highest BCUT2D eigenvalue weighted by Crippen LogP contribution is 2.15. The van der Waals surface area contributed by atoms with Crippen LogP contribution in [0.4, 0.5) is 0 Å². The molecule has 1 atom stereocenters. The molecule has 4 heteroatoms. The number of hydrogen-bond donors (Lipinski definition) is 1. The van der Waals surface area contributed by atoms with Crippen LogP contribution >= 0.6 is 0 Å². The van der Waals surface area contributed by atoms with E-state index in [0.29, 0.717) is 13.1 Å². The number of carbonyl (C=O) groups is 2. The average Bonchev–Trinajstić information content (AvgIpc) is 2.66. The van der Waals surface area contributed by atoms with Crippen molar-refractivity contribution in [2.75, 3.05) is 13.1 Å². The van der Waals surface area contributed by atoms with E-state index in [1.54, 1.807) is 4.90 Å². The molecule has 0 fully saturated rings. The Morgan fingerprint density at radius 3 is 1.96 bits per heavy atom. The maximum absolute atomic E-state index is 12.4. The maximum Gasteiger partial charge on any atom is 0.316 e. The van der Waals surface area contributed by atoms with Gasteiger partial charge in [-0.05, 0) is 37.0 Å². The highest BCUT2D eigenvalue weighted by atomic mass is 16.4. The van der Waals surface area contributed by atoms with Gasteiger partial charge in [-0.1, -0.05) is 66.7 Å². The minimum atomic E-state index is -1.07. The lowest BCUT2D eigenvalue weighted by Gasteiger charge is -2.22. The number of nitrogens with zero attached hydrogens (tertiary/aromatic N) is 1. The second-order valence-electron chi connectivity index (χ2n) is 6.09. The number of benzene rings is 2. The zero-order chi connectivity index (χ0) is 18.9. The van der Waals surface area contributed by atoms with E-state index in [9.17, 15) is 14.7 Å². The number of carboxylic acids is 1. The van der Waals surface area contributed by atoms with E-state index in [-0.39, 0.29) is 12.3 Å². The Kier molecular flexibility index (Phi) is 7.15. The summed E-state index contributed by atoms with van der Waals surface area (Å²) >= 11 is 0. The third-order valence-corrected chi connectivity index (χ3v) is 4.36. The Morgan fingerprint density at radius 1 is 0.923 bits per heavy atom. The molecule has 0 aliphatic heterocycles. The van der Waals surface area contributed by atoms with Gasteiger partial charge in [0.15, 0.2) is 0 Å². The van der Waals surface area contributed by atoms with Gasteiger partial charge in [-0.15, -0.1) is 0 Å². The highest BCUT2D eigenvalue weighted by Gasteiger charge is 2.29. The minimum Gasteiger partial charge on any atom is -0.481 e. The van der Waals surface area contributed by atoms with Crippen LogP contribution < -0.4 is 0 Å². The quantitative estimate of drug-likeness (QED) is 0.578. The fraction of sp³-hybridized carbons (Fsp3) is 0.273. The highest BCUT2D eigenvalue weighted by molar-refractivity contribution is 5.97. The van der Waals surface area contributed by atoms with Gasteiger partial charge in [0.2, 0.25) is 5.91 Å². The first kappa shape index (κ1) is 19.4. The van der Waals surface area contributed by atoms with Crippen molar-refractivity contribution in [3.63, 3.8) is 0 Å². The van der Waals surface area contributed by atoms with Crippen LogP contribution in [0.2, 0.25) is 0 Å². The molecule has 0 saturated heterocycles. The topological polar surface area (TPSA) is 57.6 Å². The third-order valence-electron chi connectivity index (χ3n) is 4.36. The molecule has 1 unspecified atom stereocenters. The first-order valence-electron chi connectivity index (χ1n) is 8.88. The van der Waals surface area contributed by atoms with Crippen molar-refractivity contribution in [1.29, 1.82) is 0 Å². The van der Waals surface area contributed by atoms with Crippen LogP contribution in [0.25, 0.3) is 12.2 Å². The van der Waals surface area contributed by atoms with Gasteiger partial charge in [0, 0.05) is 13.1 Å². The Morgan fingerprint density at radius 2 is 1.46 bits per heavy atom. The molecule has 0 saturated carbocycles. The van der Waals surface area contributed by atoms with Gasteiger partial charge in [-0.2, -0.15) is 0 Å². The van der Waals surface area contributed by atoms with E-state index in [1.807, 2.05) is 80.6 Å². The SMILES string of the molecule is CCN(CC)C(=O)C(Cc1ccc(C=Cc2ccccc2)cc1)C(=O)O. The second kappa shape index (κ2) is 9.56. The fourth-order valence-corrected chi connectivity index (χ4v) is 2.79. The zero-order valence-electron chi connectivity index (χ0n) is 15.3. The van der Waals surface area contributed by atoms with Crippen molar-refractivity contribution < 1.29 is 14.7 Å². The predicted molar refractivity (Wildman–Crippen MR) is 105 cm³/mol. The molecular formula is C22H25NO3. The summed E-state index contributed by atoms with van der Waals surface area (Å²) in [7, 11) is 0. The number of aliphatic carboxylic acids is 1. The predicted octanol–water partition coefficient (Wildman–Crippen LogP) is 3.97. The molecule has 2 rings (SSSR count). The smallest absolute Gasteiger partial charge is 0.316 e. The standard InChI is InChI=1S/C22H25NO3/c1-3-23(4-2)21(24)20(22(25)26)16-19-14-12-18(13-15-19)11-10-17-8-6-5-7-9-17/h5-15,20H,3-4,16H2,1-2H3,(H,25,26). The van der Waals surface area contributed by atoms with E-state index < -0.39 is 11.9 Å². The average molecular weight is 351 g/mol. The van der Waals surface area contributed by atoms with Crippen molar-refractivity contribution in [2.24, 2.45) is 5.92 Å². The molecule has 0 bridgehead atoms. The molecule has 0 aliphatic rings. The molecule has 0 radical (unpaired) electrons. The lowest BCUT2D eigenvalue weighted by molar-refractivity contribution is -0.150. The van der Waals surface area contributed by atoms with Gasteiger partial charge >= 0.3 is 5.97 Å². The molecule has 1 amide bonds. The van der Waals surface area contributed by atoms with Gasteiger partial charge in [0.1, 0.15) is 5.92 Å². The van der Waals surface area contributed by atoms with Crippen LogP contribution in [0.1, 0.15) is 30.5 Å². The van der Waals surface area contributed by atoms with Crippen molar-refractivity contribution in [2.45, 2.75) is 20.3 Å². The van der Waals surface area contributed by atoms with Gasteiger partial charge in [-0.3, -0.25) is 9.59 Å². The van der Waals surface area contributed by atoms with Gasteiger partial charge in [-0.25, -0.2) is 0 Å². The zero-order valence-corrected chi connectivity index (χ0v) is 15.3. The summed E-state index contributed by atoms with van der Waals surface area (Å²) in [5.74, 6) is -2.44. The monoisotopic (exact) mass is 351 g/mol. The summed E-state index contributed by atoms with van der Waals surface area (Å²) in [6.45, 7) is 4.74. The van der Waals surface area contributed by atoms with E-state index in [1.165, 1.54) is 0 Å². The van der Waals surface area contributed by atoms with Gasteiger partial charge < -0.3 is 10.0 Å². The first-order chi connectivity index (χ1) is 12.5. The molecule has 0 aromatic heterocycles. The van der Waals surface area contributed by atoms with E-state index in [2.05, 4.69) is 0 Å². The van der Waals surface area contributed by atoms with Crippen molar-refractivity contribution >= 4 is 24.0 Å². The number of carboxylic acid groups (broad SMARTS) is 1. The van der Waals surface area contributed by atoms with Crippen LogP contribution in [-0.2, 0) is 16.0 Å². The largest absolute Gasteiger partial charge is 0.481 e. The minimum absolute atomic E-state index is 0.202. The summed E-state index contributed by atoms with van der Waals surface area (Å²) in [5.41, 5.74) is 2.99. The van der Waals surface area contributed by atoms with E-state index in [0.717, 1.165) is 16.7 Å². The molecule has 0 aliphatic carbocycles. The molecule has 1 N–H and O–H groups in total.